The predicted molar refractivity (Wildman–Crippen MR) is 83.4 cm³/mol. The Bertz CT molecular complexity index is 559. The van der Waals surface area contributed by atoms with Gasteiger partial charge in [-0.3, -0.25) is 9.59 Å². The number of carbonyl (C=O) groups excluding carboxylic acids is 2. The number of rotatable bonds is 3. The summed E-state index contributed by atoms with van der Waals surface area (Å²) in [6.07, 6.45) is 4.01. The molecule has 2 amide bonds. The van der Waals surface area contributed by atoms with Crippen molar-refractivity contribution in [3.05, 3.63) is 29.3 Å². The Labute approximate surface area is 129 Å². The van der Waals surface area contributed by atoms with Crippen LogP contribution in [0.15, 0.2) is 23.1 Å². The molecule has 1 aromatic carbocycles. The van der Waals surface area contributed by atoms with Crippen molar-refractivity contribution in [2.45, 2.75) is 30.6 Å². The van der Waals surface area contributed by atoms with Crippen molar-refractivity contribution in [2.24, 2.45) is 0 Å². The standard InChI is InChI=1S/C16H20N2O2S/c19-15-6-8-18(9-7-17-15)16(20)11-21-14-5-4-12-2-1-3-13(12)10-14/h4-5,10H,1-3,6-9,11H2,(H,17,19). The molecular weight excluding hydrogens is 284 g/mol. The van der Waals surface area contributed by atoms with E-state index in [-0.39, 0.29) is 11.8 Å². The van der Waals surface area contributed by atoms with E-state index in [1.807, 2.05) is 0 Å². The van der Waals surface area contributed by atoms with Crippen molar-refractivity contribution in [2.75, 3.05) is 25.4 Å². The molecular formula is C16H20N2O2S. The van der Waals surface area contributed by atoms with Crippen LogP contribution < -0.4 is 5.32 Å². The predicted octanol–water partition coefficient (Wildman–Crippen LogP) is 1.62. The van der Waals surface area contributed by atoms with E-state index in [1.165, 1.54) is 28.9 Å². The molecule has 0 saturated carbocycles. The number of aryl methyl sites for hydroxylation is 2. The quantitative estimate of drug-likeness (QED) is 0.863. The number of hydrogen-bond donors (Lipinski definition) is 1. The monoisotopic (exact) mass is 304 g/mol. The zero-order valence-corrected chi connectivity index (χ0v) is 12.9. The third-order valence-corrected chi connectivity index (χ3v) is 5.08. The lowest BCUT2D eigenvalue weighted by Crippen LogP contribution is -2.35. The van der Waals surface area contributed by atoms with Gasteiger partial charge in [-0.05, 0) is 42.5 Å². The molecule has 0 radical (unpaired) electrons. The maximum Gasteiger partial charge on any atom is 0.233 e. The molecule has 5 heteroatoms. The molecule has 0 unspecified atom stereocenters. The van der Waals surface area contributed by atoms with Gasteiger partial charge in [0.15, 0.2) is 0 Å². The molecule has 0 spiro atoms. The zero-order chi connectivity index (χ0) is 14.7. The van der Waals surface area contributed by atoms with Gasteiger partial charge in [-0.1, -0.05) is 6.07 Å². The number of carbonyl (C=O) groups is 2. The van der Waals surface area contributed by atoms with Gasteiger partial charge >= 0.3 is 0 Å². The number of nitrogens with zero attached hydrogens (tertiary/aromatic N) is 1. The second-order valence-electron chi connectivity index (χ2n) is 5.55. The Hall–Kier alpha value is -1.49. The fraction of sp³-hybridized carbons (Fsp3) is 0.500. The van der Waals surface area contributed by atoms with Crippen LogP contribution in [0.3, 0.4) is 0 Å². The van der Waals surface area contributed by atoms with E-state index < -0.39 is 0 Å². The zero-order valence-electron chi connectivity index (χ0n) is 12.1. The van der Waals surface area contributed by atoms with Gasteiger partial charge in [0.1, 0.15) is 0 Å². The molecule has 0 atom stereocenters. The van der Waals surface area contributed by atoms with Gasteiger partial charge in [-0.2, -0.15) is 0 Å². The summed E-state index contributed by atoms with van der Waals surface area (Å²) in [5, 5.41) is 2.79. The highest BCUT2D eigenvalue weighted by molar-refractivity contribution is 8.00. The minimum absolute atomic E-state index is 0.0385. The number of amides is 2. The summed E-state index contributed by atoms with van der Waals surface area (Å²) in [5.41, 5.74) is 2.90. The summed E-state index contributed by atoms with van der Waals surface area (Å²) in [4.78, 5) is 26.5. The van der Waals surface area contributed by atoms with Gasteiger partial charge in [0, 0.05) is 31.0 Å². The molecule has 1 fully saturated rings. The molecule has 21 heavy (non-hydrogen) atoms. The third-order valence-electron chi connectivity index (χ3n) is 4.10. The van der Waals surface area contributed by atoms with Gasteiger partial charge in [0.2, 0.25) is 11.8 Å². The summed E-state index contributed by atoms with van der Waals surface area (Å²) in [7, 11) is 0. The first-order valence-corrected chi connectivity index (χ1v) is 8.50. The second-order valence-corrected chi connectivity index (χ2v) is 6.60. The van der Waals surface area contributed by atoms with Gasteiger partial charge in [0.25, 0.3) is 0 Å². The Kier molecular flexibility index (Phi) is 4.48. The SMILES string of the molecule is O=C1CCN(C(=O)CSc2ccc3c(c2)CCC3)CCN1. The van der Waals surface area contributed by atoms with Crippen LogP contribution in [-0.2, 0) is 22.4 Å². The van der Waals surface area contributed by atoms with Crippen LogP contribution >= 0.6 is 11.8 Å². The maximum absolute atomic E-state index is 12.2. The molecule has 2 aliphatic rings. The second kappa shape index (κ2) is 6.52. The molecule has 1 aromatic rings. The number of hydrogen-bond acceptors (Lipinski definition) is 3. The highest BCUT2D eigenvalue weighted by atomic mass is 32.2. The Morgan fingerprint density at radius 2 is 2.05 bits per heavy atom. The van der Waals surface area contributed by atoms with E-state index in [0.717, 1.165) is 6.42 Å². The van der Waals surface area contributed by atoms with Crippen LogP contribution in [0.4, 0.5) is 0 Å². The summed E-state index contributed by atoms with van der Waals surface area (Å²) >= 11 is 1.60. The van der Waals surface area contributed by atoms with Crippen LogP contribution in [0.2, 0.25) is 0 Å². The van der Waals surface area contributed by atoms with Gasteiger partial charge in [-0.15, -0.1) is 11.8 Å². The van der Waals surface area contributed by atoms with Crippen LogP contribution in [-0.4, -0.2) is 42.1 Å². The van der Waals surface area contributed by atoms with E-state index in [1.54, 1.807) is 16.7 Å². The topological polar surface area (TPSA) is 49.4 Å². The molecule has 1 aliphatic carbocycles. The average Bonchev–Trinajstić information content (AvgIpc) is 2.85. The van der Waals surface area contributed by atoms with Gasteiger partial charge < -0.3 is 10.2 Å². The summed E-state index contributed by atoms with van der Waals surface area (Å²) in [5.74, 6) is 0.612. The van der Waals surface area contributed by atoms with E-state index in [9.17, 15) is 9.59 Å². The molecule has 1 aliphatic heterocycles. The Morgan fingerprint density at radius 1 is 1.19 bits per heavy atom. The molecule has 3 rings (SSSR count). The summed E-state index contributed by atoms with van der Waals surface area (Å²) in [6.45, 7) is 1.72. The van der Waals surface area contributed by atoms with E-state index in [2.05, 4.69) is 23.5 Å². The van der Waals surface area contributed by atoms with Crippen LogP contribution in [0.1, 0.15) is 24.0 Å². The lowest BCUT2D eigenvalue weighted by Gasteiger charge is -2.19. The number of thioether (sulfide) groups is 1. The molecule has 0 aromatic heterocycles. The van der Waals surface area contributed by atoms with Crippen molar-refractivity contribution in [3.63, 3.8) is 0 Å². The molecule has 112 valence electrons. The summed E-state index contributed by atoms with van der Waals surface area (Å²) < 4.78 is 0. The van der Waals surface area contributed by atoms with Crippen LogP contribution in [0.5, 0.6) is 0 Å². The number of fused-ring (bicyclic) bond motifs is 1. The lowest BCUT2D eigenvalue weighted by molar-refractivity contribution is -0.128. The molecule has 0 bridgehead atoms. The lowest BCUT2D eigenvalue weighted by atomic mass is 10.1. The fourth-order valence-corrected chi connectivity index (χ4v) is 3.75. The summed E-state index contributed by atoms with van der Waals surface area (Å²) in [6, 6.07) is 6.55. The van der Waals surface area contributed by atoms with Crippen LogP contribution in [0.25, 0.3) is 0 Å². The smallest absolute Gasteiger partial charge is 0.233 e. The average molecular weight is 304 g/mol. The normalized spacial score (nSPS) is 18.1. The fourth-order valence-electron chi connectivity index (χ4n) is 2.89. The molecule has 1 N–H and O–H groups in total. The molecule has 4 nitrogen and oxygen atoms in total. The van der Waals surface area contributed by atoms with E-state index in [4.69, 9.17) is 0 Å². The first-order chi connectivity index (χ1) is 10.2. The van der Waals surface area contributed by atoms with Gasteiger partial charge in [0.05, 0.1) is 5.75 Å². The van der Waals surface area contributed by atoms with Crippen molar-refractivity contribution in [3.8, 4) is 0 Å². The van der Waals surface area contributed by atoms with E-state index >= 15 is 0 Å². The Balaban J connectivity index is 1.54. The highest BCUT2D eigenvalue weighted by Gasteiger charge is 2.18. The largest absolute Gasteiger partial charge is 0.354 e. The third kappa shape index (κ3) is 3.59. The first-order valence-electron chi connectivity index (χ1n) is 7.51. The highest BCUT2D eigenvalue weighted by Crippen LogP contribution is 2.27. The first kappa shape index (κ1) is 14.4. The minimum Gasteiger partial charge on any atom is -0.354 e. The number of nitrogens with one attached hydrogen (secondary N) is 1. The van der Waals surface area contributed by atoms with E-state index in [0.29, 0.717) is 31.8 Å². The van der Waals surface area contributed by atoms with Crippen molar-refractivity contribution in [1.29, 1.82) is 0 Å². The maximum atomic E-state index is 12.2. The molecule has 1 heterocycles. The van der Waals surface area contributed by atoms with Gasteiger partial charge in [-0.25, -0.2) is 0 Å². The Morgan fingerprint density at radius 3 is 2.95 bits per heavy atom. The van der Waals surface area contributed by atoms with Crippen molar-refractivity contribution < 1.29 is 9.59 Å². The number of benzene rings is 1. The molecule has 1 saturated heterocycles. The van der Waals surface area contributed by atoms with Crippen LogP contribution in [0, 0.1) is 0 Å². The van der Waals surface area contributed by atoms with Crippen molar-refractivity contribution in [1.82, 2.24) is 10.2 Å². The minimum atomic E-state index is 0.0385. The van der Waals surface area contributed by atoms with Crippen molar-refractivity contribution >= 4 is 23.6 Å².